The minimum atomic E-state index is -0.189. The van der Waals surface area contributed by atoms with Crippen molar-refractivity contribution in [2.75, 3.05) is 0 Å². The van der Waals surface area contributed by atoms with Crippen LogP contribution in [0.3, 0.4) is 0 Å². The van der Waals surface area contributed by atoms with Crippen LogP contribution in [0.1, 0.15) is 25.3 Å². The van der Waals surface area contributed by atoms with E-state index < -0.39 is 0 Å². The lowest BCUT2D eigenvalue weighted by Gasteiger charge is -2.24. The van der Waals surface area contributed by atoms with Crippen molar-refractivity contribution in [1.82, 2.24) is 5.32 Å². The summed E-state index contributed by atoms with van der Waals surface area (Å²) in [6, 6.07) is 5.42. The molecule has 1 amide bonds. The molecule has 0 radical (unpaired) electrons. The second-order valence-electron chi connectivity index (χ2n) is 4.52. The van der Waals surface area contributed by atoms with E-state index in [1.54, 1.807) is 12.1 Å². The number of benzene rings is 1. The number of carbonyl (C=O) groups is 1. The molecule has 2 nitrogen and oxygen atoms in total. The monoisotopic (exact) mass is 257 g/mol. The molecule has 16 heavy (non-hydrogen) atoms. The maximum Gasteiger partial charge on any atom is 0.220 e. The van der Waals surface area contributed by atoms with Gasteiger partial charge in [-0.25, -0.2) is 0 Å². The molecule has 1 aromatic carbocycles. The molecule has 0 spiro atoms. The third-order valence-corrected chi connectivity index (χ3v) is 3.54. The van der Waals surface area contributed by atoms with Gasteiger partial charge < -0.3 is 5.32 Å². The maximum atomic E-state index is 11.2. The third-order valence-electron chi connectivity index (χ3n) is 2.93. The molecular weight excluding hydrogens is 245 g/mol. The summed E-state index contributed by atoms with van der Waals surface area (Å²) in [5, 5.41) is 4.36. The number of halogens is 2. The number of amides is 1. The molecule has 1 fully saturated rings. The van der Waals surface area contributed by atoms with Crippen molar-refractivity contribution in [1.29, 1.82) is 0 Å². The van der Waals surface area contributed by atoms with Gasteiger partial charge in [0.05, 0.1) is 0 Å². The minimum Gasteiger partial charge on any atom is -0.351 e. The van der Waals surface area contributed by atoms with Crippen LogP contribution in [-0.4, -0.2) is 11.4 Å². The molecule has 4 heteroatoms. The minimum absolute atomic E-state index is 0.112. The van der Waals surface area contributed by atoms with Gasteiger partial charge in [-0.15, -0.1) is 0 Å². The van der Waals surface area contributed by atoms with Crippen LogP contribution in [0, 0.1) is 0 Å². The Morgan fingerprint density at radius 1 is 1.44 bits per heavy atom. The zero-order valence-corrected chi connectivity index (χ0v) is 10.5. The van der Waals surface area contributed by atoms with E-state index in [0.29, 0.717) is 16.5 Å². The molecule has 1 aliphatic heterocycles. The van der Waals surface area contributed by atoms with Crippen LogP contribution in [0.15, 0.2) is 18.2 Å². The standard InChI is InChI=1S/C12H13Cl2NO/c1-12(5-4-11(16)15-12)7-8-6-9(13)2-3-10(8)14/h2-3,6H,4-5,7H2,1H3,(H,15,16). The number of carbonyl (C=O) groups excluding carboxylic acids is 1. The van der Waals surface area contributed by atoms with Gasteiger partial charge in [0.25, 0.3) is 0 Å². The lowest BCUT2D eigenvalue weighted by atomic mass is 9.91. The molecular formula is C12H13Cl2NO. The highest BCUT2D eigenvalue weighted by Gasteiger charge is 2.33. The van der Waals surface area contributed by atoms with Crippen molar-refractivity contribution in [3.8, 4) is 0 Å². The zero-order valence-electron chi connectivity index (χ0n) is 9.02. The quantitative estimate of drug-likeness (QED) is 0.867. The van der Waals surface area contributed by atoms with Crippen LogP contribution < -0.4 is 5.32 Å². The second kappa shape index (κ2) is 4.27. The fourth-order valence-corrected chi connectivity index (χ4v) is 2.46. The van der Waals surface area contributed by atoms with Gasteiger partial charge in [0.15, 0.2) is 0 Å². The Hall–Kier alpha value is -0.730. The predicted octanol–water partition coefficient (Wildman–Crippen LogP) is 3.20. The fourth-order valence-electron chi connectivity index (χ4n) is 2.08. The first-order chi connectivity index (χ1) is 7.48. The molecule has 0 bridgehead atoms. The molecule has 1 saturated heterocycles. The summed E-state index contributed by atoms with van der Waals surface area (Å²) in [7, 11) is 0. The van der Waals surface area contributed by atoms with Gasteiger partial charge in [-0.2, -0.15) is 0 Å². The van der Waals surface area contributed by atoms with E-state index in [0.717, 1.165) is 18.4 Å². The van der Waals surface area contributed by atoms with Crippen LogP contribution in [0.4, 0.5) is 0 Å². The van der Waals surface area contributed by atoms with Crippen LogP contribution in [0.5, 0.6) is 0 Å². The Balaban J connectivity index is 2.20. The summed E-state index contributed by atoms with van der Waals surface area (Å²) >= 11 is 12.0. The van der Waals surface area contributed by atoms with E-state index in [2.05, 4.69) is 5.32 Å². The molecule has 0 aromatic heterocycles. The van der Waals surface area contributed by atoms with Gasteiger partial charge >= 0.3 is 0 Å². The van der Waals surface area contributed by atoms with Crippen molar-refractivity contribution in [3.63, 3.8) is 0 Å². The van der Waals surface area contributed by atoms with Gasteiger partial charge in [-0.1, -0.05) is 23.2 Å². The maximum absolute atomic E-state index is 11.2. The Labute approximate surface area is 105 Å². The first-order valence-electron chi connectivity index (χ1n) is 5.23. The summed E-state index contributed by atoms with van der Waals surface area (Å²) in [5.41, 5.74) is 0.796. The molecule has 1 heterocycles. The number of hydrogen-bond acceptors (Lipinski definition) is 1. The van der Waals surface area contributed by atoms with Crippen molar-refractivity contribution >= 4 is 29.1 Å². The molecule has 2 rings (SSSR count). The Morgan fingerprint density at radius 2 is 2.19 bits per heavy atom. The Bertz CT molecular complexity index is 433. The van der Waals surface area contributed by atoms with E-state index in [1.807, 2.05) is 13.0 Å². The molecule has 1 aliphatic rings. The van der Waals surface area contributed by atoms with E-state index in [1.165, 1.54) is 0 Å². The summed E-state index contributed by atoms with van der Waals surface area (Å²) in [5.74, 6) is 0.112. The van der Waals surface area contributed by atoms with E-state index >= 15 is 0 Å². The first kappa shape index (κ1) is 11.7. The molecule has 86 valence electrons. The van der Waals surface area contributed by atoms with E-state index in [-0.39, 0.29) is 11.4 Å². The topological polar surface area (TPSA) is 29.1 Å². The lowest BCUT2D eigenvalue weighted by molar-refractivity contribution is -0.119. The average Bonchev–Trinajstić information content (AvgIpc) is 2.52. The summed E-state index contributed by atoms with van der Waals surface area (Å²) in [4.78, 5) is 11.2. The number of nitrogens with one attached hydrogen (secondary N) is 1. The second-order valence-corrected chi connectivity index (χ2v) is 5.36. The van der Waals surface area contributed by atoms with Crippen LogP contribution >= 0.6 is 23.2 Å². The summed E-state index contributed by atoms with van der Waals surface area (Å²) in [6.07, 6.45) is 2.15. The highest BCUT2D eigenvalue weighted by molar-refractivity contribution is 6.33. The summed E-state index contributed by atoms with van der Waals surface area (Å²) < 4.78 is 0. The predicted molar refractivity (Wildman–Crippen MR) is 65.9 cm³/mol. The Morgan fingerprint density at radius 3 is 2.81 bits per heavy atom. The molecule has 0 saturated carbocycles. The van der Waals surface area contributed by atoms with Gasteiger partial charge in [-0.3, -0.25) is 4.79 Å². The number of rotatable bonds is 2. The van der Waals surface area contributed by atoms with Crippen molar-refractivity contribution in [2.45, 2.75) is 31.7 Å². The average molecular weight is 258 g/mol. The van der Waals surface area contributed by atoms with Crippen LogP contribution in [-0.2, 0) is 11.2 Å². The molecule has 0 aliphatic carbocycles. The van der Waals surface area contributed by atoms with Gasteiger partial charge in [0.1, 0.15) is 0 Å². The van der Waals surface area contributed by atoms with Crippen LogP contribution in [0.25, 0.3) is 0 Å². The van der Waals surface area contributed by atoms with Gasteiger partial charge in [0, 0.05) is 22.0 Å². The number of hydrogen-bond donors (Lipinski definition) is 1. The van der Waals surface area contributed by atoms with Gasteiger partial charge in [-0.05, 0) is 43.5 Å². The van der Waals surface area contributed by atoms with Gasteiger partial charge in [0.2, 0.25) is 5.91 Å². The van der Waals surface area contributed by atoms with Crippen molar-refractivity contribution in [2.24, 2.45) is 0 Å². The molecule has 1 atom stereocenters. The molecule has 1 aromatic rings. The summed E-state index contributed by atoms with van der Waals surface area (Å²) in [6.45, 7) is 2.04. The normalized spacial score (nSPS) is 24.6. The fraction of sp³-hybridized carbons (Fsp3) is 0.417. The first-order valence-corrected chi connectivity index (χ1v) is 5.99. The zero-order chi connectivity index (χ0) is 11.8. The van der Waals surface area contributed by atoms with Crippen molar-refractivity contribution in [3.05, 3.63) is 33.8 Å². The highest BCUT2D eigenvalue weighted by atomic mass is 35.5. The molecule has 1 unspecified atom stereocenters. The van der Waals surface area contributed by atoms with Crippen LogP contribution in [0.2, 0.25) is 10.0 Å². The third kappa shape index (κ3) is 2.50. The molecule has 1 N–H and O–H groups in total. The SMILES string of the molecule is CC1(Cc2cc(Cl)ccc2Cl)CCC(=O)N1. The highest BCUT2D eigenvalue weighted by Crippen LogP contribution is 2.29. The Kier molecular flexibility index (Phi) is 3.13. The lowest BCUT2D eigenvalue weighted by Crippen LogP contribution is -2.40. The largest absolute Gasteiger partial charge is 0.351 e. The van der Waals surface area contributed by atoms with Crippen molar-refractivity contribution < 1.29 is 4.79 Å². The van der Waals surface area contributed by atoms with E-state index in [9.17, 15) is 4.79 Å². The van der Waals surface area contributed by atoms with E-state index in [4.69, 9.17) is 23.2 Å². The smallest absolute Gasteiger partial charge is 0.220 e.